The van der Waals surface area contributed by atoms with Crippen molar-refractivity contribution in [1.29, 1.82) is 0 Å². The average molecular weight is 188 g/mol. The van der Waals surface area contributed by atoms with Gasteiger partial charge >= 0.3 is 0 Å². The Bertz CT molecular complexity index is 148. The Labute approximate surface area is 66.1 Å². The molecule has 1 aromatic rings. The Morgan fingerprint density at radius 3 is 2.00 bits per heavy atom. The van der Waals surface area contributed by atoms with Gasteiger partial charge in [-0.3, -0.25) is 0 Å². The van der Waals surface area contributed by atoms with Crippen LogP contribution < -0.4 is 21.5 Å². The van der Waals surface area contributed by atoms with Gasteiger partial charge in [0.1, 0.15) is 7.05 Å². The molecule has 1 nitrogen and oxygen atoms in total. The van der Waals surface area contributed by atoms with E-state index in [2.05, 4.69) is 19.1 Å². The van der Waals surface area contributed by atoms with Gasteiger partial charge in [-0.15, -0.1) is 0 Å². The second-order valence-corrected chi connectivity index (χ2v) is 2.04. The smallest absolute Gasteiger partial charge is 0.168 e. The maximum Gasteiger partial charge on any atom is 0.168 e. The van der Waals surface area contributed by atoms with E-state index in [-0.39, 0.29) is 17.0 Å². The first-order valence-corrected chi connectivity index (χ1v) is 2.71. The summed E-state index contributed by atoms with van der Waals surface area (Å²) in [5, 5.41) is 0. The summed E-state index contributed by atoms with van der Waals surface area (Å²) in [6.07, 6.45) is 4.07. The molecule has 50 valence electrons. The average Bonchev–Trinajstić information content (AvgIpc) is 1.77. The van der Waals surface area contributed by atoms with Gasteiger partial charge in [0.2, 0.25) is 0 Å². The summed E-state index contributed by atoms with van der Waals surface area (Å²) in [5.74, 6) is 0. The molecule has 0 aromatic carbocycles. The molecule has 0 aliphatic heterocycles. The summed E-state index contributed by atoms with van der Waals surface area (Å²) in [4.78, 5) is 0. The zero-order valence-corrected chi connectivity index (χ0v) is 7.22. The lowest BCUT2D eigenvalue weighted by Gasteiger charge is -1.85. The quantitative estimate of drug-likeness (QED) is 0.408. The molecule has 0 unspecified atom stereocenters. The largest absolute Gasteiger partial charge is 1.00 e. The molecule has 9 heavy (non-hydrogen) atoms. The molecule has 0 fully saturated rings. The van der Waals surface area contributed by atoms with Crippen LogP contribution in [0.3, 0.4) is 0 Å². The highest BCUT2D eigenvalue weighted by Gasteiger charge is 1.85. The molecule has 0 atom stereocenters. The standard InChI is InChI=1S/C7H10N.BrH/c1-7-3-5-8(2)6-4-7;/h3-6H,1-2H3;1H/q+1;/p-1. The van der Waals surface area contributed by atoms with Crippen molar-refractivity contribution < 1.29 is 21.5 Å². The predicted octanol–water partition coefficient (Wildman–Crippen LogP) is -2.18. The van der Waals surface area contributed by atoms with Crippen LogP contribution in [0.4, 0.5) is 0 Å². The molecule has 0 amide bonds. The zero-order valence-electron chi connectivity index (χ0n) is 5.63. The Morgan fingerprint density at radius 2 is 1.67 bits per heavy atom. The summed E-state index contributed by atoms with van der Waals surface area (Å²) in [7, 11) is 2.01. The van der Waals surface area contributed by atoms with Crippen molar-refractivity contribution in [1.82, 2.24) is 0 Å². The van der Waals surface area contributed by atoms with E-state index in [1.807, 2.05) is 24.0 Å². The number of pyridine rings is 1. The van der Waals surface area contributed by atoms with Gasteiger partial charge < -0.3 is 17.0 Å². The maximum absolute atomic E-state index is 2.08. The second kappa shape index (κ2) is 3.62. The molecule has 0 saturated carbocycles. The van der Waals surface area contributed by atoms with Crippen molar-refractivity contribution in [2.45, 2.75) is 6.92 Å². The van der Waals surface area contributed by atoms with Gasteiger partial charge in [0.15, 0.2) is 12.4 Å². The summed E-state index contributed by atoms with van der Waals surface area (Å²) >= 11 is 0. The molecule has 2 heteroatoms. The van der Waals surface area contributed by atoms with E-state index in [0.29, 0.717) is 0 Å². The van der Waals surface area contributed by atoms with Crippen LogP contribution in [-0.2, 0) is 7.05 Å². The summed E-state index contributed by atoms with van der Waals surface area (Å²) < 4.78 is 2.02. The van der Waals surface area contributed by atoms with Gasteiger partial charge in [-0.25, -0.2) is 4.57 Å². The van der Waals surface area contributed by atoms with Crippen LogP contribution in [0.25, 0.3) is 0 Å². The fourth-order valence-corrected chi connectivity index (χ4v) is 0.576. The number of hydrogen-bond donors (Lipinski definition) is 0. The highest BCUT2D eigenvalue weighted by molar-refractivity contribution is 5.02. The van der Waals surface area contributed by atoms with Gasteiger partial charge in [0.05, 0.1) is 0 Å². The molecule has 1 heterocycles. The molecule has 0 spiro atoms. The van der Waals surface area contributed by atoms with Crippen LogP contribution in [0, 0.1) is 6.92 Å². The van der Waals surface area contributed by atoms with E-state index in [4.69, 9.17) is 0 Å². The van der Waals surface area contributed by atoms with Crippen LogP contribution in [0.15, 0.2) is 24.5 Å². The third kappa shape index (κ3) is 2.61. The first kappa shape index (κ1) is 8.63. The molecule has 1 aromatic heterocycles. The molecule has 0 N–H and O–H groups in total. The first-order valence-electron chi connectivity index (χ1n) is 2.71. The van der Waals surface area contributed by atoms with Crippen molar-refractivity contribution in [2.24, 2.45) is 7.05 Å². The van der Waals surface area contributed by atoms with E-state index in [1.165, 1.54) is 5.56 Å². The van der Waals surface area contributed by atoms with Crippen LogP contribution in [-0.4, -0.2) is 0 Å². The fourth-order valence-electron chi connectivity index (χ4n) is 0.576. The van der Waals surface area contributed by atoms with Crippen molar-refractivity contribution in [3.05, 3.63) is 30.1 Å². The normalized spacial score (nSPS) is 8.22. The van der Waals surface area contributed by atoms with Crippen molar-refractivity contribution >= 4 is 0 Å². The molecular formula is C7H10BrN. The van der Waals surface area contributed by atoms with Crippen LogP contribution in [0.1, 0.15) is 5.56 Å². The van der Waals surface area contributed by atoms with Gasteiger partial charge in [-0.05, 0) is 12.5 Å². The zero-order chi connectivity index (χ0) is 5.98. The molecule has 0 bridgehead atoms. The lowest BCUT2D eigenvalue weighted by atomic mass is 10.3. The molecule has 0 aliphatic rings. The first-order chi connectivity index (χ1) is 3.79. The Hall–Kier alpha value is -0.370. The van der Waals surface area contributed by atoms with Gasteiger partial charge in [-0.1, -0.05) is 0 Å². The minimum atomic E-state index is 0. The lowest BCUT2D eigenvalue weighted by molar-refractivity contribution is -0.671. The monoisotopic (exact) mass is 187 g/mol. The molecule has 1 rings (SSSR count). The second-order valence-electron chi connectivity index (χ2n) is 2.04. The molecule has 0 radical (unpaired) electrons. The SMILES string of the molecule is Cc1cc[n+](C)cc1.[Br-]. The lowest BCUT2D eigenvalue weighted by Crippen LogP contribution is -3.00. The minimum Gasteiger partial charge on any atom is -1.00 e. The van der Waals surface area contributed by atoms with Crippen molar-refractivity contribution in [3.8, 4) is 0 Å². The van der Waals surface area contributed by atoms with Crippen molar-refractivity contribution in [2.75, 3.05) is 0 Å². The summed E-state index contributed by atoms with van der Waals surface area (Å²) in [6.45, 7) is 2.08. The number of rotatable bonds is 0. The van der Waals surface area contributed by atoms with E-state index < -0.39 is 0 Å². The Morgan fingerprint density at radius 1 is 1.22 bits per heavy atom. The van der Waals surface area contributed by atoms with E-state index in [1.54, 1.807) is 0 Å². The number of aromatic nitrogens is 1. The van der Waals surface area contributed by atoms with Crippen LogP contribution >= 0.6 is 0 Å². The van der Waals surface area contributed by atoms with Crippen LogP contribution in [0.2, 0.25) is 0 Å². The van der Waals surface area contributed by atoms with Gasteiger partial charge in [0.25, 0.3) is 0 Å². The third-order valence-electron chi connectivity index (χ3n) is 1.15. The van der Waals surface area contributed by atoms with E-state index in [0.717, 1.165) is 0 Å². The highest BCUT2D eigenvalue weighted by atomic mass is 79.9. The highest BCUT2D eigenvalue weighted by Crippen LogP contribution is 1.87. The topological polar surface area (TPSA) is 3.88 Å². The van der Waals surface area contributed by atoms with Gasteiger partial charge in [-0.2, -0.15) is 0 Å². The summed E-state index contributed by atoms with van der Waals surface area (Å²) in [5.41, 5.74) is 1.31. The maximum atomic E-state index is 2.08. The predicted molar refractivity (Wildman–Crippen MR) is 32.4 cm³/mol. The minimum absolute atomic E-state index is 0. The third-order valence-corrected chi connectivity index (χ3v) is 1.15. The number of hydrogen-bond acceptors (Lipinski definition) is 0. The van der Waals surface area contributed by atoms with Crippen LogP contribution in [0.5, 0.6) is 0 Å². The van der Waals surface area contributed by atoms with E-state index in [9.17, 15) is 0 Å². The molecular weight excluding hydrogens is 178 g/mol. The summed E-state index contributed by atoms with van der Waals surface area (Å²) in [6, 6.07) is 4.17. The molecule has 0 aliphatic carbocycles. The molecule has 0 saturated heterocycles. The Kier molecular flexibility index (Phi) is 3.47. The van der Waals surface area contributed by atoms with Crippen molar-refractivity contribution in [3.63, 3.8) is 0 Å². The number of nitrogens with zero attached hydrogens (tertiary/aromatic N) is 1. The Balaban J connectivity index is 0.000000640. The fraction of sp³-hybridized carbons (Fsp3) is 0.286. The van der Waals surface area contributed by atoms with Gasteiger partial charge in [0, 0.05) is 12.1 Å². The van der Waals surface area contributed by atoms with E-state index >= 15 is 0 Å². The number of halogens is 1. The number of aryl methyl sites for hydroxylation is 2.